The Morgan fingerprint density at radius 2 is 2.06 bits per heavy atom. The normalized spacial score (nSPS) is 21.4. The summed E-state index contributed by atoms with van der Waals surface area (Å²) < 4.78 is 0. The number of hydrogen-bond acceptors (Lipinski definition) is 1. The molecule has 86 valence electrons. The maximum Gasteiger partial charge on any atom is 0.0406 e. The lowest BCUT2D eigenvalue weighted by atomic mass is 10.0. The number of nitrogens with one attached hydrogen (secondary N) is 1. The SMILES string of the molecule is Clc1ccc(C=CCC2CCCCN2)cc1. The van der Waals surface area contributed by atoms with Crippen molar-refractivity contribution in [3.63, 3.8) is 0 Å². The number of piperidine rings is 1. The van der Waals surface area contributed by atoms with Gasteiger partial charge in [0, 0.05) is 11.1 Å². The van der Waals surface area contributed by atoms with Crippen molar-refractivity contribution >= 4 is 17.7 Å². The molecule has 2 rings (SSSR count). The average Bonchev–Trinajstić information content (AvgIpc) is 2.33. The predicted molar refractivity (Wildman–Crippen MR) is 70.7 cm³/mol. The van der Waals surface area contributed by atoms with Gasteiger partial charge < -0.3 is 5.32 Å². The van der Waals surface area contributed by atoms with Crippen LogP contribution < -0.4 is 5.32 Å². The molecule has 0 radical (unpaired) electrons. The van der Waals surface area contributed by atoms with Gasteiger partial charge in [-0.05, 0) is 43.5 Å². The summed E-state index contributed by atoms with van der Waals surface area (Å²) in [7, 11) is 0. The van der Waals surface area contributed by atoms with Gasteiger partial charge in [0.25, 0.3) is 0 Å². The summed E-state index contributed by atoms with van der Waals surface area (Å²) in [5, 5.41) is 4.34. The van der Waals surface area contributed by atoms with Gasteiger partial charge >= 0.3 is 0 Å². The Bertz CT molecular complexity index is 336. The van der Waals surface area contributed by atoms with Crippen LogP contribution in [0.2, 0.25) is 5.02 Å². The molecule has 1 unspecified atom stereocenters. The minimum atomic E-state index is 0.678. The first-order valence-corrected chi connectivity index (χ1v) is 6.38. The zero-order valence-electron chi connectivity index (χ0n) is 9.45. The second kappa shape index (κ2) is 6.07. The average molecular weight is 236 g/mol. The molecule has 1 aliphatic heterocycles. The maximum atomic E-state index is 5.83. The van der Waals surface area contributed by atoms with Crippen LogP contribution in [-0.2, 0) is 0 Å². The summed E-state index contributed by atoms with van der Waals surface area (Å²) in [5.74, 6) is 0. The summed E-state index contributed by atoms with van der Waals surface area (Å²) >= 11 is 5.83. The largest absolute Gasteiger partial charge is 0.314 e. The van der Waals surface area contributed by atoms with E-state index in [1.165, 1.54) is 31.4 Å². The van der Waals surface area contributed by atoms with E-state index in [0.717, 1.165) is 11.4 Å². The third-order valence-corrected chi connectivity index (χ3v) is 3.27. The molecule has 1 nitrogen and oxygen atoms in total. The molecule has 1 aromatic rings. The highest BCUT2D eigenvalue weighted by molar-refractivity contribution is 6.30. The van der Waals surface area contributed by atoms with E-state index in [1.54, 1.807) is 0 Å². The quantitative estimate of drug-likeness (QED) is 0.838. The molecular weight excluding hydrogens is 218 g/mol. The van der Waals surface area contributed by atoms with Gasteiger partial charge in [0.15, 0.2) is 0 Å². The molecule has 1 aliphatic rings. The second-order valence-electron chi connectivity index (χ2n) is 4.34. The Balaban J connectivity index is 1.82. The third kappa shape index (κ3) is 3.66. The van der Waals surface area contributed by atoms with Gasteiger partial charge in [0.2, 0.25) is 0 Å². The van der Waals surface area contributed by atoms with Gasteiger partial charge in [0.05, 0.1) is 0 Å². The summed E-state index contributed by atoms with van der Waals surface area (Å²) in [5.41, 5.74) is 1.22. The van der Waals surface area contributed by atoms with Crippen molar-refractivity contribution in [2.45, 2.75) is 31.7 Å². The molecule has 1 fully saturated rings. The van der Waals surface area contributed by atoms with Gasteiger partial charge in [0.1, 0.15) is 0 Å². The van der Waals surface area contributed by atoms with Crippen molar-refractivity contribution in [1.82, 2.24) is 5.32 Å². The molecule has 1 heterocycles. The van der Waals surface area contributed by atoms with Crippen molar-refractivity contribution in [3.05, 3.63) is 40.9 Å². The van der Waals surface area contributed by atoms with Crippen molar-refractivity contribution in [2.75, 3.05) is 6.54 Å². The Labute approximate surface area is 103 Å². The Morgan fingerprint density at radius 1 is 1.25 bits per heavy atom. The summed E-state index contributed by atoms with van der Waals surface area (Å²) in [4.78, 5) is 0. The van der Waals surface area contributed by atoms with Crippen LogP contribution >= 0.6 is 11.6 Å². The highest BCUT2D eigenvalue weighted by Crippen LogP contribution is 2.13. The first kappa shape index (κ1) is 11.7. The third-order valence-electron chi connectivity index (χ3n) is 3.01. The van der Waals surface area contributed by atoms with Gasteiger partial charge in [-0.15, -0.1) is 0 Å². The molecule has 16 heavy (non-hydrogen) atoms. The molecule has 0 spiro atoms. The second-order valence-corrected chi connectivity index (χ2v) is 4.77. The molecule has 2 heteroatoms. The van der Waals surface area contributed by atoms with Gasteiger partial charge in [-0.1, -0.05) is 42.3 Å². The Morgan fingerprint density at radius 3 is 2.75 bits per heavy atom. The number of halogens is 1. The molecule has 1 aromatic carbocycles. The Kier molecular flexibility index (Phi) is 4.44. The van der Waals surface area contributed by atoms with E-state index in [2.05, 4.69) is 17.5 Å². The van der Waals surface area contributed by atoms with Gasteiger partial charge in [-0.3, -0.25) is 0 Å². The lowest BCUT2D eigenvalue weighted by Crippen LogP contribution is -2.33. The number of hydrogen-bond donors (Lipinski definition) is 1. The van der Waals surface area contributed by atoms with E-state index in [1.807, 2.05) is 24.3 Å². The molecule has 0 aliphatic carbocycles. The molecule has 0 amide bonds. The van der Waals surface area contributed by atoms with E-state index in [9.17, 15) is 0 Å². The van der Waals surface area contributed by atoms with Crippen LogP contribution in [0, 0.1) is 0 Å². The molecule has 1 saturated heterocycles. The van der Waals surface area contributed by atoms with E-state index in [-0.39, 0.29) is 0 Å². The van der Waals surface area contributed by atoms with E-state index in [4.69, 9.17) is 11.6 Å². The fourth-order valence-electron chi connectivity index (χ4n) is 2.07. The van der Waals surface area contributed by atoms with Crippen molar-refractivity contribution in [3.8, 4) is 0 Å². The summed E-state index contributed by atoms with van der Waals surface area (Å²) in [6, 6.07) is 8.64. The Hall–Kier alpha value is -0.790. The van der Waals surface area contributed by atoms with Crippen LogP contribution in [0.15, 0.2) is 30.3 Å². The summed E-state index contributed by atoms with van der Waals surface area (Å²) in [6.45, 7) is 1.18. The molecule has 1 N–H and O–H groups in total. The van der Waals surface area contributed by atoms with Crippen LogP contribution in [0.3, 0.4) is 0 Å². The smallest absolute Gasteiger partial charge is 0.0406 e. The lowest BCUT2D eigenvalue weighted by Gasteiger charge is -2.21. The van der Waals surface area contributed by atoms with Crippen LogP contribution in [-0.4, -0.2) is 12.6 Å². The van der Waals surface area contributed by atoms with Crippen molar-refractivity contribution in [2.24, 2.45) is 0 Å². The number of rotatable bonds is 3. The fourth-order valence-corrected chi connectivity index (χ4v) is 2.19. The van der Waals surface area contributed by atoms with Crippen molar-refractivity contribution in [1.29, 1.82) is 0 Å². The van der Waals surface area contributed by atoms with Crippen LogP contribution in [0.5, 0.6) is 0 Å². The minimum Gasteiger partial charge on any atom is -0.314 e. The molecule has 0 aromatic heterocycles. The summed E-state index contributed by atoms with van der Waals surface area (Å²) in [6.07, 6.45) is 9.57. The van der Waals surface area contributed by atoms with Crippen LogP contribution in [0.1, 0.15) is 31.2 Å². The van der Waals surface area contributed by atoms with Crippen molar-refractivity contribution < 1.29 is 0 Å². The minimum absolute atomic E-state index is 0.678. The molecule has 1 atom stereocenters. The fraction of sp³-hybridized carbons (Fsp3) is 0.429. The van der Waals surface area contributed by atoms with E-state index in [0.29, 0.717) is 6.04 Å². The zero-order valence-corrected chi connectivity index (χ0v) is 10.2. The standard InChI is InChI=1S/C14H18ClN/c15-13-9-7-12(8-10-13)4-3-6-14-5-1-2-11-16-14/h3-4,7-10,14,16H,1-2,5-6,11H2. The van der Waals surface area contributed by atoms with Gasteiger partial charge in [-0.2, -0.15) is 0 Å². The monoisotopic (exact) mass is 235 g/mol. The lowest BCUT2D eigenvalue weighted by molar-refractivity contribution is 0.404. The van der Waals surface area contributed by atoms with E-state index >= 15 is 0 Å². The zero-order chi connectivity index (χ0) is 11.2. The maximum absolute atomic E-state index is 5.83. The molecular formula is C14H18ClN. The molecule has 0 bridgehead atoms. The topological polar surface area (TPSA) is 12.0 Å². The van der Waals surface area contributed by atoms with Crippen LogP contribution in [0.4, 0.5) is 0 Å². The predicted octanol–water partition coefficient (Wildman–Crippen LogP) is 3.89. The first-order valence-electron chi connectivity index (χ1n) is 6.00. The highest BCUT2D eigenvalue weighted by Gasteiger charge is 2.09. The first-order chi connectivity index (χ1) is 7.84. The highest BCUT2D eigenvalue weighted by atomic mass is 35.5. The van der Waals surface area contributed by atoms with Crippen LogP contribution in [0.25, 0.3) is 6.08 Å². The van der Waals surface area contributed by atoms with E-state index < -0.39 is 0 Å². The molecule has 0 saturated carbocycles. The van der Waals surface area contributed by atoms with Gasteiger partial charge in [-0.25, -0.2) is 0 Å². The number of benzene rings is 1.